The smallest absolute Gasteiger partial charge is 0.265 e. The lowest BCUT2D eigenvalue weighted by molar-refractivity contribution is 0.111. The molecule has 0 atom stereocenters. The maximum absolute atomic E-state index is 12.4. The van der Waals surface area contributed by atoms with Crippen LogP contribution in [0.5, 0.6) is 0 Å². The van der Waals surface area contributed by atoms with Crippen molar-refractivity contribution in [1.29, 1.82) is 5.26 Å². The molecule has 0 bridgehead atoms. The molecule has 0 aliphatic heterocycles. The summed E-state index contributed by atoms with van der Waals surface area (Å²) in [5.41, 5.74) is -0.867. The van der Waals surface area contributed by atoms with Crippen LogP contribution in [0.4, 0.5) is 8.78 Å². The van der Waals surface area contributed by atoms with Gasteiger partial charge in [-0.05, 0) is 22.0 Å². The quantitative estimate of drug-likeness (QED) is 0.607. The van der Waals surface area contributed by atoms with Gasteiger partial charge in [0.05, 0.1) is 5.56 Å². The Hall–Kier alpha value is -1.35. The highest BCUT2D eigenvalue weighted by atomic mass is 79.9. The number of nitriles is 1. The first-order valence-corrected chi connectivity index (χ1v) is 4.23. The summed E-state index contributed by atoms with van der Waals surface area (Å²) in [5, 5.41) is 8.57. The number of aromatic nitrogens is 1. The lowest BCUT2D eigenvalue weighted by Crippen LogP contribution is -1.98. The van der Waals surface area contributed by atoms with Crippen molar-refractivity contribution in [3.05, 3.63) is 27.5 Å². The van der Waals surface area contributed by atoms with Gasteiger partial charge in [-0.25, -0.2) is 13.8 Å². The Kier molecular flexibility index (Phi) is 3.25. The van der Waals surface area contributed by atoms with Gasteiger partial charge in [0.2, 0.25) is 0 Å². The molecule has 0 aliphatic rings. The SMILES string of the molecule is N#Cc1c(C(F)F)cc(C=O)nc1Br. The van der Waals surface area contributed by atoms with Crippen LogP contribution in [-0.4, -0.2) is 11.3 Å². The van der Waals surface area contributed by atoms with E-state index in [1.165, 1.54) is 0 Å². The van der Waals surface area contributed by atoms with Crippen LogP contribution in [-0.2, 0) is 0 Å². The lowest BCUT2D eigenvalue weighted by atomic mass is 10.1. The topological polar surface area (TPSA) is 53.8 Å². The molecule has 0 amide bonds. The predicted molar refractivity (Wildman–Crippen MR) is 47.0 cm³/mol. The monoisotopic (exact) mass is 260 g/mol. The van der Waals surface area contributed by atoms with Crippen molar-refractivity contribution in [1.82, 2.24) is 4.98 Å². The van der Waals surface area contributed by atoms with Crippen molar-refractivity contribution in [3.8, 4) is 6.07 Å². The molecule has 0 radical (unpaired) electrons. The molecule has 0 unspecified atom stereocenters. The molecule has 1 heterocycles. The number of nitrogens with zero attached hydrogens (tertiary/aromatic N) is 2. The van der Waals surface area contributed by atoms with Gasteiger partial charge < -0.3 is 0 Å². The number of carbonyl (C=O) groups excluding carboxylic acids is 1. The standard InChI is InChI=1S/C8H3BrF2N2O/c9-7-6(2-12)5(8(10)11)1-4(3-14)13-7/h1,3,8H. The van der Waals surface area contributed by atoms with Crippen LogP contribution >= 0.6 is 15.9 Å². The fourth-order valence-corrected chi connectivity index (χ4v) is 1.42. The van der Waals surface area contributed by atoms with E-state index in [1.807, 2.05) is 0 Å². The number of hydrogen-bond acceptors (Lipinski definition) is 3. The Morgan fingerprint density at radius 2 is 2.29 bits per heavy atom. The number of pyridine rings is 1. The van der Waals surface area contributed by atoms with Gasteiger partial charge in [0, 0.05) is 5.56 Å². The van der Waals surface area contributed by atoms with Crippen LogP contribution in [0.3, 0.4) is 0 Å². The second-order valence-electron chi connectivity index (χ2n) is 2.33. The molecule has 14 heavy (non-hydrogen) atoms. The second-order valence-corrected chi connectivity index (χ2v) is 3.08. The van der Waals surface area contributed by atoms with E-state index in [1.54, 1.807) is 6.07 Å². The summed E-state index contributed by atoms with van der Waals surface area (Å²) >= 11 is 2.84. The summed E-state index contributed by atoms with van der Waals surface area (Å²) in [6.07, 6.45) is -2.46. The second kappa shape index (κ2) is 4.24. The van der Waals surface area contributed by atoms with Gasteiger partial charge in [-0.1, -0.05) is 0 Å². The minimum atomic E-state index is -2.80. The molecule has 1 aromatic heterocycles. The highest BCUT2D eigenvalue weighted by molar-refractivity contribution is 9.10. The zero-order chi connectivity index (χ0) is 10.7. The van der Waals surface area contributed by atoms with Gasteiger partial charge in [-0.3, -0.25) is 4.79 Å². The van der Waals surface area contributed by atoms with Gasteiger partial charge >= 0.3 is 0 Å². The van der Waals surface area contributed by atoms with E-state index in [0.29, 0.717) is 6.29 Å². The Labute approximate surface area is 86.5 Å². The van der Waals surface area contributed by atoms with Crippen LogP contribution < -0.4 is 0 Å². The predicted octanol–water partition coefficient (Wildman–Crippen LogP) is 2.47. The Balaban J connectivity index is 3.45. The Morgan fingerprint density at radius 3 is 2.71 bits per heavy atom. The zero-order valence-electron chi connectivity index (χ0n) is 6.67. The van der Waals surface area contributed by atoms with Crippen molar-refractivity contribution in [2.45, 2.75) is 6.43 Å². The maximum atomic E-state index is 12.4. The summed E-state index contributed by atoms with van der Waals surface area (Å²) in [6, 6.07) is 2.49. The first-order valence-electron chi connectivity index (χ1n) is 3.44. The third-order valence-electron chi connectivity index (χ3n) is 1.49. The van der Waals surface area contributed by atoms with E-state index in [9.17, 15) is 13.6 Å². The minimum Gasteiger partial charge on any atom is -0.296 e. The molecule has 3 nitrogen and oxygen atoms in total. The highest BCUT2D eigenvalue weighted by Gasteiger charge is 2.17. The van der Waals surface area contributed by atoms with E-state index in [-0.39, 0.29) is 15.9 Å². The summed E-state index contributed by atoms with van der Waals surface area (Å²) in [6.45, 7) is 0. The normalized spacial score (nSPS) is 9.93. The molecule has 0 N–H and O–H groups in total. The van der Waals surface area contributed by atoms with Crippen molar-refractivity contribution >= 4 is 22.2 Å². The molecule has 1 aromatic rings. The summed E-state index contributed by atoms with van der Waals surface area (Å²) in [5.74, 6) is 0. The molecule has 0 spiro atoms. The first kappa shape index (κ1) is 10.7. The molecule has 0 aliphatic carbocycles. The fourth-order valence-electron chi connectivity index (χ4n) is 0.895. The molecule has 0 saturated heterocycles. The van der Waals surface area contributed by atoms with Crippen LogP contribution in [0, 0.1) is 11.3 Å². The fraction of sp³-hybridized carbons (Fsp3) is 0.125. The number of alkyl halides is 2. The summed E-state index contributed by atoms with van der Waals surface area (Å²) < 4.78 is 24.7. The average molecular weight is 261 g/mol. The Bertz CT molecular complexity index is 415. The van der Waals surface area contributed by atoms with Crippen molar-refractivity contribution in [2.75, 3.05) is 0 Å². The number of aldehydes is 1. The van der Waals surface area contributed by atoms with Crippen LogP contribution in [0.25, 0.3) is 0 Å². The number of carbonyl (C=O) groups is 1. The Morgan fingerprint density at radius 1 is 1.64 bits per heavy atom. The molecule has 1 rings (SSSR count). The molecule has 0 aromatic carbocycles. The highest BCUT2D eigenvalue weighted by Crippen LogP contribution is 2.27. The van der Waals surface area contributed by atoms with E-state index < -0.39 is 12.0 Å². The zero-order valence-corrected chi connectivity index (χ0v) is 8.25. The van der Waals surface area contributed by atoms with Gasteiger partial charge in [-0.15, -0.1) is 0 Å². The number of halogens is 3. The van der Waals surface area contributed by atoms with Crippen molar-refractivity contribution in [2.24, 2.45) is 0 Å². The van der Waals surface area contributed by atoms with Gasteiger partial charge in [0.25, 0.3) is 6.43 Å². The maximum Gasteiger partial charge on any atom is 0.265 e. The van der Waals surface area contributed by atoms with Crippen molar-refractivity contribution in [3.63, 3.8) is 0 Å². The van der Waals surface area contributed by atoms with Gasteiger partial charge in [0.1, 0.15) is 16.4 Å². The summed E-state index contributed by atoms with van der Waals surface area (Å²) in [4.78, 5) is 13.9. The van der Waals surface area contributed by atoms with E-state index in [4.69, 9.17) is 5.26 Å². The van der Waals surface area contributed by atoms with Crippen LogP contribution in [0.1, 0.15) is 28.0 Å². The van der Waals surface area contributed by atoms with Gasteiger partial charge in [-0.2, -0.15) is 5.26 Å². The largest absolute Gasteiger partial charge is 0.296 e. The van der Waals surface area contributed by atoms with E-state index in [0.717, 1.165) is 6.07 Å². The number of hydrogen-bond donors (Lipinski definition) is 0. The molecular weight excluding hydrogens is 258 g/mol. The molecule has 0 fully saturated rings. The van der Waals surface area contributed by atoms with Crippen LogP contribution in [0.2, 0.25) is 0 Å². The van der Waals surface area contributed by atoms with E-state index >= 15 is 0 Å². The summed E-state index contributed by atoms with van der Waals surface area (Å²) in [7, 11) is 0. The molecule has 6 heteroatoms. The van der Waals surface area contributed by atoms with E-state index in [2.05, 4.69) is 20.9 Å². The lowest BCUT2D eigenvalue weighted by Gasteiger charge is -2.04. The average Bonchev–Trinajstić information content (AvgIpc) is 2.16. The van der Waals surface area contributed by atoms with Crippen LogP contribution in [0.15, 0.2) is 10.7 Å². The number of rotatable bonds is 2. The molecule has 0 saturated carbocycles. The van der Waals surface area contributed by atoms with Crippen molar-refractivity contribution < 1.29 is 13.6 Å². The first-order chi connectivity index (χ1) is 6.60. The molecular formula is C8H3BrF2N2O. The molecule has 72 valence electrons. The van der Waals surface area contributed by atoms with Gasteiger partial charge in [0.15, 0.2) is 6.29 Å². The third-order valence-corrected chi connectivity index (χ3v) is 2.07. The third kappa shape index (κ3) is 1.93. The minimum absolute atomic E-state index is 0.0418.